The van der Waals surface area contributed by atoms with Crippen molar-refractivity contribution in [3.63, 3.8) is 0 Å². The second-order valence-electron chi connectivity index (χ2n) is 8.30. The number of hydrogen-bond acceptors (Lipinski definition) is 1. The molecular weight excluding hydrogens is 315 g/mol. The van der Waals surface area contributed by atoms with Crippen LogP contribution < -0.4 is 0 Å². The van der Waals surface area contributed by atoms with Crippen LogP contribution in [0.5, 0.6) is 0 Å². The van der Waals surface area contributed by atoms with Gasteiger partial charge in [0.05, 0.1) is 5.41 Å². The predicted molar refractivity (Wildman–Crippen MR) is 98.0 cm³/mol. The molecule has 0 radical (unpaired) electrons. The van der Waals surface area contributed by atoms with Gasteiger partial charge >= 0.3 is 5.97 Å². The van der Waals surface area contributed by atoms with Crippen LogP contribution in [0.25, 0.3) is 0 Å². The van der Waals surface area contributed by atoms with Crippen LogP contribution in [0.15, 0.2) is 24.3 Å². The maximum absolute atomic E-state index is 13.2. The maximum atomic E-state index is 13.2. The lowest BCUT2D eigenvalue weighted by Gasteiger charge is -2.42. The zero-order valence-electron chi connectivity index (χ0n) is 15.3. The van der Waals surface area contributed by atoms with Crippen LogP contribution in [0.4, 0.5) is 4.39 Å². The van der Waals surface area contributed by atoms with Crippen LogP contribution in [0.2, 0.25) is 0 Å². The highest BCUT2D eigenvalue weighted by Gasteiger charge is 2.44. The third kappa shape index (κ3) is 3.91. The molecule has 2 saturated carbocycles. The van der Waals surface area contributed by atoms with E-state index in [-0.39, 0.29) is 5.82 Å². The Hall–Kier alpha value is -1.38. The minimum absolute atomic E-state index is 0.304. The quantitative estimate of drug-likeness (QED) is 0.716. The van der Waals surface area contributed by atoms with Crippen LogP contribution in [0.1, 0.15) is 76.7 Å². The molecule has 0 heterocycles. The van der Waals surface area contributed by atoms with Gasteiger partial charge in [0.15, 0.2) is 0 Å². The molecule has 3 heteroatoms. The van der Waals surface area contributed by atoms with E-state index in [1.54, 1.807) is 12.1 Å². The molecule has 1 aromatic carbocycles. The van der Waals surface area contributed by atoms with Gasteiger partial charge in [-0.25, -0.2) is 4.39 Å². The average Bonchev–Trinajstić information content (AvgIpc) is 2.63. The van der Waals surface area contributed by atoms with Gasteiger partial charge < -0.3 is 5.11 Å². The Morgan fingerprint density at radius 3 is 2.12 bits per heavy atom. The van der Waals surface area contributed by atoms with Crippen molar-refractivity contribution >= 4 is 5.97 Å². The highest BCUT2D eigenvalue weighted by Crippen LogP contribution is 2.47. The number of rotatable bonds is 5. The Balaban J connectivity index is 1.63. The molecule has 0 saturated heterocycles. The molecule has 2 aliphatic carbocycles. The molecule has 1 aromatic rings. The SMILES string of the molecule is CCCC1CCC(C2CCC(C(=O)O)(c3ccc(F)cc3)CC2)CC1. The zero-order valence-corrected chi connectivity index (χ0v) is 15.3. The highest BCUT2D eigenvalue weighted by atomic mass is 19.1. The second kappa shape index (κ2) is 7.88. The second-order valence-corrected chi connectivity index (χ2v) is 8.30. The van der Waals surface area contributed by atoms with Crippen molar-refractivity contribution in [3.8, 4) is 0 Å². The summed E-state index contributed by atoms with van der Waals surface area (Å²) in [5.74, 6) is 1.33. The normalized spacial score (nSPS) is 33.1. The first-order valence-corrected chi connectivity index (χ1v) is 10.0. The van der Waals surface area contributed by atoms with E-state index < -0.39 is 11.4 Å². The molecule has 2 aliphatic rings. The zero-order chi connectivity index (χ0) is 17.9. The van der Waals surface area contributed by atoms with Crippen LogP contribution >= 0.6 is 0 Å². The summed E-state index contributed by atoms with van der Waals surface area (Å²) in [5.41, 5.74) is -0.0459. The molecule has 0 aromatic heterocycles. The van der Waals surface area contributed by atoms with Crippen molar-refractivity contribution in [2.45, 2.75) is 76.5 Å². The minimum atomic E-state index is -0.816. The summed E-state index contributed by atoms with van der Waals surface area (Å²) < 4.78 is 13.2. The first-order chi connectivity index (χ1) is 12.0. The maximum Gasteiger partial charge on any atom is 0.314 e. The van der Waals surface area contributed by atoms with E-state index in [1.165, 1.54) is 50.7 Å². The van der Waals surface area contributed by atoms with Crippen LogP contribution in [-0.4, -0.2) is 11.1 Å². The monoisotopic (exact) mass is 346 g/mol. The smallest absolute Gasteiger partial charge is 0.314 e. The topological polar surface area (TPSA) is 37.3 Å². The summed E-state index contributed by atoms with van der Waals surface area (Å²) in [7, 11) is 0. The van der Waals surface area contributed by atoms with E-state index in [0.29, 0.717) is 18.8 Å². The van der Waals surface area contributed by atoms with E-state index in [9.17, 15) is 14.3 Å². The first kappa shape index (κ1) is 18.4. The molecule has 2 nitrogen and oxygen atoms in total. The van der Waals surface area contributed by atoms with E-state index >= 15 is 0 Å². The Labute approximate surface area is 150 Å². The molecule has 0 atom stereocenters. The van der Waals surface area contributed by atoms with Crippen molar-refractivity contribution in [1.29, 1.82) is 0 Å². The van der Waals surface area contributed by atoms with Crippen LogP contribution in [0, 0.1) is 23.6 Å². The fraction of sp³-hybridized carbons (Fsp3) is 0.682. The summed E-state index contributed by atoms with van der Waals surface area (Å²) in [6.07, 6.45) is 11.4. The highest BCUT2D eigenvalue weighted by molar-refractivity contribution is 5.81. The van der Waals surface area contributed by atoms with E-state index in [1.807, 2.05) is 0 Å². The lowest BCUT2D eigenvalue weighted by atomic mass is 9.62. The van der Waals surface area contributed by atoms with Gasteiger partial charge in [-0.3, -0.25) is 4.79 Å². The van der Waals surface area contributed by atoms with E-state index in [4.69, 9.17) is 0 Å². The number of carboxylic acid groups (broad SMARTS) is 1. The molecule has 0 bridgehead atoms. The third-order valence-electron chi connectivity index (χ3n) is 6.95. The van der Waals surface area contributed by atoms with Gasteiger partial charge in [0.25, 0.3) is 0 Å². The Bertz CT molecular complexity index is 564. The largest absolute Gasteiger partial charge is 0.481 e. The Kier molecular flexibility index (Phi) is 5.81. The number of carbonyl (C=O) groups is 1. The summed E-state index contributed by atoms with van der Waals surface area (Å²) in [4.78, 5) is 12.1. The summed E-state index contributed by atoms with van der Waals surface area (Å²) in [5, 5.41) is 9.91. The summed E-state index contributed by atoms with van der Waals surface area (Å²) >= 11 is 0. The fourth-order valence-corrected chi connectivity index (χ4v) is 5.36. The van der Waals surface area contributed by atoms with Crippen molar-refractivity contribution in [2.75, 3.05) is 0 Å². The van der Waals surface area contributed by atoms with Gasteiger partial charge in [-0.15, -0.1) is 0 Å². The van der Waals surface area contributed by atoms with Crippen molar-refractivity contribution in [3.05, 3.63) is 35.6 Å². The fourth-order valence-electron chi connectivity index (χ4n) is 5.36. The molecule has 3 rings (SSSR count). The number of halogens is 1. The Morgan fingerprint density at radius 2 is 1.60 bits per heavy atom. The van der Waals surface area contributed by atoms with Gasteiger partial charge in [-0.1, -0.05) is 44.7 Å². The average molecular weight is 346 g/mol. The molecule has 0 aliphatic heterocycles. The number of benzene rings is 1. The first-order valence-electron chi connectivity index (χ1n) is 10.0. The molecule has 0 unspecified atom stereocenters. The van der Waals surface area contributed by atoms with Crippen LogP contribution in [-0.2, 0) is 10.2 Å². The molecule has 138 valence electrons. The van der Waals surface area contributed by atoms with Gasteiger partial charge in [0.2, 0.25) is 0 Å². The van der Waals surface area contributed by atoms with Crippen molar-refractivity contribution in [1.82, 2.24) is 0 Å². The van der Waals surface area contributed by atoms with E-state index in [2.05, 4.69) is 6.92 Å². The predicted octanol–water partition coefficient (Wildman–Crippen LogP) is 5.94. The molecule has 2 fully saturated rings. The molecule has 0 amide bonds. The van der Waals surface area contributed by atoms with Gasteiger partial charge in [0, 0.05) is 0 Å². The molecule has 1 N–H and O–H groups in total. The van der Waals surface area contributed by atoms with Gasteiger partial charge in [0.1, 0.15) is 5.82 Å². The van der Waals surface area contributed by atoms with Gasteiger partial charge in [-0.05, 0) is 74.0 Å². The molecule has 25 heavy (non-hydrogen) atoms. The lowest BCUT2D eigenvalue weighted by molar-refractivity contribution is -0.146. The van der Waals surface area contributed by atoms with Crippen molar-refractivity contribution < 1.29 is 14.3 Å². The van der Waals surface area contributed by atoms with Gasteiger partial charge in [-0.2, -0.15) is 0 Å². The number of aliphatic carboxylic acids is 1. The summed E-state index contributed by atoms with van der Waals surface area (Å²) in [6, 6.07) is 6.11. The Morgan fingerprint density at radius 1 is 1.04 bits per heavy atom. The molecular formula is C22H31FO2. The summed E-state index contributed by atoms with van der Waals surface area (Å²) in [6.45, 7) is 2.27. The molecule has 0 spiro atoms. The van der Waals surface area contributed by atoms with Crippen LogP contribution in [0.3, 0.4) is 0 Å². The van der Waals surface area contributed by atoms with Crippen molar-refractivity contribution in [2.24, 2.45) is 17.8 Å². The standard InChI is InChI=1S/C22H31FO2/c1-2-3-16-4-6-17(7-5-16)18-12-14-22(15-13-18,21(24)25)19-8-10-20(23)11-9-19/h8-11,16-18H,2-7,12-15H2,1H3,(H,24,25). The van der Waals surface area contributed by atoms with E-state index in [0.717, 1.165) is 30.2 Å². The number of hydrogen-bond donors (Lipinski definition) is 1. The third-order valence-corrected chi connectivity index (χ3v) is 6.95. The lowest BCUT2D eigenvalue weighted by Crippen LogP contribution is -2.41. The number of carboxylic acids is 1. The minimum Gasteiger partial charge on any atom is -0.481 e.